The number of halogens is 1. The molecule has 0 aliphatic heterocycles. The molecule has 0 aliphatic carbocycles. The molecule has 0 radical (unpaired) electrons. The zero-order valence-electron chi connectivity index (χ0n) is 12.7. The minimum atomic E-state index is -0.178. The number of hydrogen-bond donors (Lipinski definition) is 1. The quantitative estimate of drug-likeness (QED) is 0.461. The average molecular weight is 338 g/mol. The number of benzene rings is 1. The van der Waals surface area contributed by atoms with Gasteiger partial charge in [0, 0.05) is 18.7 Å². The van der Waals surface area contributed by atoms with Crippen LogP contribution in [0.5, 0.6) is 0 Å². The summed E-state index contributed by atoms with van der Waals surface area (Å²) in [6.07, 6.45) is 2.38. The number of hydrogen-bond acceptors (Lipinski definition) is 2. The Labute approximate surface area is 142 Å². The third kappa shape index (κ3) is 2.59. The first-order valence-corrected chi connectivity index (χ1v) is 7.91. The Morgan fingerprint density at radius 1 is 1.04 bits per heavy atom. The molecule has 1 aromatic carbocycles. The summed E-state index contributed by atoms with van der Waals surface area (Å²) in [5.41, 5.74) is 3.41. The lowest BCUT2D eigenvalue weighted by molar-refractivity contribution is -0.587. The summed E-state index contributed by atoms with van der Waals surface area (Å²) in [6, 6.07) is 19.1. The molecule has 3 heterocycles. The van der Waals surface area contributed by atoms with Crippen molar-refractivity contribution in [2.75, 3.05) is 0 Å². The van der Waals surface area contributed by atoms with Crippen LogP contribution in [0.15, 0.2) is 71.7 Å². The van der Waals surface area contributed by atoms with E-state index in [-0.39, 0.29) is 5.69 Å². The summed E-state index contributed by atoms with van der Waals surface area (Å²) in [7, 11) is 0. The van der Waals surface area contributed by atoms with Crippen molar-refractivity contribution < 1.29 is 4.52 Å². The van der Waals surface area contributed by atoms with Gasteiger partial charge in [-0.1, -0.05) is 41.9 Å². The molecule has 5 nitrogen and oxygen atoms in total. The third-order valence-corrected chi connectivity index (χ3v) is 4.10. The second kappa shape index (κ2) is 5.94. The maximum Gasteiger partial charge on any atom is 0.449 e. The SMILES string of the molecule is O=c1[nH][n+]2c(Cc3ccc(Cl)nc3)cccc2n1-c1ccccc1. The van der Waals surface area contributed by atoms with Crippen LogP contribution in [0.3, 0.4) is 0 Å². The van der Waals surface area contributed by atoms with Crippen LogP contribution in [-0.2, 0) is 6.42 Å². The predicted molar refractivity (Wildman–Crippen MR) is 91.6 cm³/mol. The zero-order valence-corrected chi connectivity index (χ0v) is 13.4. The molecule has 3 aromatic heterocycles. The Morgan fingerprint density at radius 2 is 1.88 bits per heavy atom. The first-order chi connectivity index (χ1) is 11.7. The Kier molecular flexibility index (Phi) is 3.63. The summed E-state index contributed by atoms with van der Waals surface area (Å²) >= 11 is 5.83. The van der Waals surface area contributed by atoms with Gasteiger partial charge in [0.2, 0.25) is 0 Å². The van der Waals surface area contributed by atoms with E-state index >= 15 is 0 Å². The second-order valence-electron chi connectivity index (χ2n) is 5.46. The molecule has 6 heteroatoms. The molecule has 0 saturated carbocycles. The highest BCUT2D eigenvalue weighted by atomic mass is 35.5. The normalized spacial score (nSPS) is 11.0. The third-order valence-electron chi connectivity index (χ3n) is 3.88. The molecule has 0 fully saturated rings. The first kappa shape index (κ1) is 14.7. The molecule has 0 bridgehead atoms. The minimum absolute atomic E-state index is 0.178. The van der Waals surface area contributed by atoms with Crippen molar-refractivity contribution in [2.24, 2.45) is 0 Å². The topological polar surface area (TPSA) is 54.8 Å². The highest BCUT2D eigenvalue weighted by Crippen LogP contribution is 2.11. The Balaban J connectivity index is 1.84. The number of fused-ring (bicyclic) bond motifs is 1. The van der Waals surface area contributed by atoms with Gasteiger partial charge in [0.15, 0.2) is 0 Å². The smallest absolute Gasteiger partial charge is 0.244 e. The monoisotopic (exact) mass is 337 g/mol. The molecule has 0 atom stereocenters. The number of aromatic nitrogens is 4. The number of H-pyrrole nitrogens is 1. The van der Waals surface area contributed by atoms with Crippen LogP contribution >= 0.6 is 11.6 Å². The van der Waals surface area contributed by atoms with Gasteiger partial charge in [0.05, 0.1) is 0 Å². The Bertz CT molecular complexity index is 1050. The van der Waals surface area contributed by atoms with Crippen molar-refractivity contribution in [1.29, 1.82) is 0 Å². The summed E-state index contributed by atoms with van der Waals surface area (Å²) in [4.78, 5) is 16.5. The molecule has 4 aromatic rings. The van der Waals surface area contributed by atoms with Gasteiger partial charge >= 0.3 is 11.3 Å². The van der Waals surface area contributed by atoms with Crippen molar-refractivity contribution in [3.05, 3.63) is 93.8 Å². The van der Waals surface area contributed by atoms with E-state index in [1.54, 1.807) is 16.8 Å². The number of para-hydroxylation sites is 1. The fourth-order valence-electron chi connectivity index (χ4n) is 2.78. The van der Waals surface area contributed by atoms with E-state index in [1.807, 2.05) is 59.1 Å². The molecule has 24 heavy (non-hydrogen) atoms. The van der Waals surface area contributed by atoms with Crippen LogP contribution in [0.4, 0.5) is 0 Å². The molecule has 0 aliphatic rings. The van der Waals surface area contributed by atoms with Gasteiger partial charge in [0.25, 0.3) is 0 Å². The fraction of sp³-hybridized carbons (Fsp3) is 0.0556. The zero-order chi connectivity index (χ0) is 16.5. The number of nitrogens with zero attached hydrogens (tertiary/aromatic N) is 3. The van der Waals surface area contributed by atoms with Crippen molar-refractivity contribution in [3.8, 4) is 5.69 Å². The summed E-state index contributed by atoms with van der Waals surface area (Å²) < 4.78 is 3.47. The molecular weight excluding hydrogens is 324 g/mol. The van der Waals surface area contributed by atoms with Crippen LogP contribution in [0.2, 0.25) is 5.15 Å². The lowest BCUT2D eigenvalue weighted by atomic mass is 10.1. The van der Waals surface area contributed by atoms with Crippen molar-refractivity contribution in [3.63, 3.8) is 0 Å². The van der Waals surface area contributed by atoms with Crippen LogP contribution in [0.1, 0.15) is 11.3 Å². The highest BCUT2D eigenvalue weighted by molar-refractivity contribution is 6.29. The largest absolute Gasteiger partial charge is 0.449 e. The van der Waals surface area contributed by atoms with Crippen molar-refractivity contribution >= 4 is 17.2 Å². The number of aromatic amines is 1. The molecular formula is C18H14ClN4O+. The minimum Gasteiger partial charge on any atom is -0.244 e. The highest BCUT2D eigenvalue weighted by Gasteiger charge is 2.19. The van der Waals surface area contributed by atoms with Crippen molar-refractivity contribution in [1.82, 2.24) is 14.6 Å². The molecule has 0 saturated heterocycles. The molecule has 1 N–H and O–H groups in total. The van der Waals surface area contributed by atoms with Crippen LogP contribution in [0, 0.1) is 0 Å². The van der Waals surface area contributed by atoms with Gasteiger partial charge in [-0.3, -0.25) is 0 Å². The van der Waals surface area contributed by atoms with Crippen LogP contribution in [0.25, 0.3) is 11.3 Å². The molecule has 0 unspecified atom stereocenters. The van der Waals surface area contributed by atoms with E-state index in [4.69, 9.17) is 11.6 Å². The number of rotatable bonds is 3. The van der Waals surface area contributed by atoms with Gasteiger partial charge in [-0.05, 0) is 29.8 Å². The average Bonchev–Trinajstić information content (AvgIpc) is 2.95. The Morgan fingerprint density at radius 3 is 2.62 bits per heavy atom. The van der Waals surface area contributed by atoms with Gasteiger partial charge in [-0.15, -0.1) is 14.2 Å². The standard InChI is InChI=1S/C18H13ClN4O/c19-16-10-9-13(12-20-16)11-15-7-4-8-17-22(18(24)21-23(15)17)14-5-2-1-3-6-14/h1-10,12H,11H2/p+1. The van der Waals surface area contributed by atoms with Crippen molar-refractivity contribution in [2.45, 2.75) is 6.42 Å². The van der Waals surface area contributed by atoms with Gasteiger partial charge in [-0.2, -0.15) is 0 Å². The maximum absolute atomic E-state index is 12.4. The van der Waals surface area contributed by atoms with E-state index in [0.29, 0.717) is 11.6 Å². The Hall–Kier alpha value is -2.92. The van der Waals surface area contributed by atoms with E-state index < -0.39 is 0 Å². The molecule has 0 amide bonds. The predicted octanol–water partition coefficient (Wildman–Crippen LogP) is 2.54. The molecule has 118 valence electrons. The molecule has 0 spiro atoms. The maximum atomic E-state index is 12.4. The summed E-state index contributed by atoms with van der Waals surface area (Å²) in [5.74, 6) is 0. The van der Waals surface area contributed by atoms with Crippen LogP contribution < -0.4 is 10.2 Å². The van der Waals surface area contributed by atoms with E-state index in [1.165, 1.54) is 0 Å². The second-order valence-corrected chi connectivity index (χ2v) is 5.85. The lowest BCUT2D eigenvalue weighted by Crippen LogP contribution is -2.31. The first-order valence-electron chi connectivity index (χ1n) is 7.53. The lowest BCUT2D eigenvalue weighted by Gasteiger charge is -2.01. The number of pyridine rings is 2. The number of nitrogens with one attached hydrogen (secondary N) is 1. The summed E-state index contributed by atoms with van der Waals surface area (Å²) in [5, 5.41) is 3.37. The van der Waals surface area contributed by atoms with Gasteiger partial charge in [-0.25, -0.2) is 9.78 Å². The van der Waals surface area contributed by atoms with E-state index in [9.17, 15) is 4.79 Å². The van der Waals surface area contributed by atoms with Gasteiger partial charge < -0.3 is 0 Å². The van der Waals surface area contributed by atoms with Gasteiger partial charge in [0.1, 0.15) is 16.5 Å². The van der Waals surface area contributed by atoms with Crippen LogP contribution in [-0.4, -0.2) is 14.6 Å². The van der Waals surface area contributed by atoms with E-state index in [0.717, 1.165) is 22.6 Å². The molecule has 4 rings (SSSR count). The van der Waals surface area contributed by atoms with E-state index in [2.05, 4.69) is 10.1 Å². The fourth-order valence-corrected chi connectivity index (χ4v) is 2.89. The summed E-state index contributed by atoms with van der Waals surface area (Å²) in [6.45, 7) is 0.